The van der Waals surface area contributed by atoms with E-state index in [2.05, 4.69) is 42.2 Å². The number of hydrogen-bond donors (Lipinski definition) is 1. The second-order valence-electron chi connectivity index (χ2n) is 3.44. The predicted octanol–water partition coefficient (Wildman–Crippen LogP) is 4.00. The van der Waals surface area contributed by atoms with Crippen molar-refractivity contribution in [1.82, 2.24) is 4.98 Å². The van der Waals surface area contributed by atoms with Crippen molar-refractivity contribution in [3.8, 4) is 0 Å². The van der Waals surface area contributed by atoms with Gasteiger partial charge in [-0.15, -0.1) is 0 Å². The lowest BCUT2D eigenvalue weighted by molar-refractivity contribution is 0.102. The average Bonchev–Trinajstić information content (AvgIpc) is 2.28. The Kier molecular flexibility index (Phi) is 4.08. The van der Waals surface area contributed by atoms with Crippen molar-refractivity contribution in [2.75, 3.05) is 5.32 Å². The maximum Gasteiger partial charge on any atom is 0.259 e. The van der Waals surface area contributed by atoms with E-state index in [4.69, 9.17) is 0 Å². The number of carbonyl (C=O) groups is 1. The third kappa shape index (κ3) is 3.14. The van der Waals surface area contributed by atoms with Gasteiger partial charge in [-0.25, -0.2) is 9.37 Å². The zero-order chi connectivity index (χ0) is 13.1. The summed E-state index contributed by atoms with van der Waals surface area (Å²) in [5.74, 6) is -0.765. The number of anilines is 1. The van der Waals surface area contributed by atoms with Gasteiger partial charge >= 0.3 is 0 Å². The summed E-state index contributed by atoms with van der Waals surface area (Å²) >= 11 is 6.39. The van der Waals surface area contributed by atoms with E-state index in [1.807, 2.05) is 0 Å². The largest absolute Gasteiger partial charge is 0.306 e. The average molecular weight is 374 g/mol. The monoisotopic (exact) mass is 372 g/mol. The molecule has 0 atom stereocenters. The number of hydrogen-bond acceptors (Lipinski definition) is 2. The topological polar surface area (TPSA) is 42.0 Å². The van der Waals surface area contributed by atoms with Gasteiger partial charge in [0.25, 0.3) is 5.91 Å². The van der Waals surface area contributed by atoms with Crippen LogP contribution in [0.1, 0.15) is 10.4 Å². The predicted molar refractivity (Wildman–Crippen MR) is 74.0 cm³/mol. The van der Waals surface area contributed by atoms with Crippen LogP contribution < -0.4 is 5.32 Å². The number of carbonyl (C=O) groups excluding carboxylic acids is 1. The summed E-state index contributed by atoms with van der Waals surface area (Å²) in [7, 11) is 0. The van der Waals surface area contributed by atoms with E-state index >= 15 is 0 Å². The second kappa shape index (κ2) is 5.58. The summed E-state index contributed by atoms with van der Waals surface area (Å²) < 4.78 is 14.9. The van der Waals surface area contributed by atoms with Crippen molar-refractivity contribution in [2.45, 2.75) is 0 Å². The number of nitrogens with one attached hydrogen (secondary N) is 1. The highest BCUT2D eigenvalue weighted by atomic mass is 79.9. The van der Waals surface area contributed by atoms with E-state index in [1.54, 1.807) is 18.2 Å². The van der Waals surface area contributed by atoms with E-state index in [9.17, 15) is 9.18 Å². The molecule has 0 unspecified atom stereocenters. The Hall–Kier alpha value is -1.27. The smallest absolute Gasteiger partial charge is 0.259 e. The van der Waals surface area contributed by atoms with E-state index in [0.717, 1.165) is 4.47 Å². The van der Waals surface area contributed by atoms with Gasteiger partial charge in [0, 0.05) is 15.1 Å². The van der Waals surface area contributed by atoms with Gasteiger partial charge in [-0.2, -0.15) is 0 Å². The Labute approximate surface area is 120 Å². The van der Waals surface area contributed by atoms with Gasteiger partial charge in [0.1, 0.15) is 11.6 Å². The van der Waals surface area contributed by atoms with Gasteiger partial charge in [0.05, 0.1) is 5.56 Å². The van der Waals surface area contributed by atoms with Gasteiger partial charge in [-0.1, -0.05) is 31.9 Å². The SMILES string of the molecule is O=C(Nc1cc(Br)ccn1)c1ccc(Br)cc1F. The normalized spacial score (nSPS) is 10.2. The number of amides is 1. The summed E-state index contributed by atoms with van der Waals surface area (Å²) in [5.41, 5.74) is -0.0278. The van der Waals surface area contributed by atoms with E-state index in [0.29, 0.717) is 10.3 Å². The summed E-state index contributed by atoms with van der Waals surface area (Å²) in [6, 6.07) is 7.62. The Morgan fingerprint density at radius 1 is 1.17 bits per heavy atom. The lowest BCUT2D eigenvalue weighted by Gasteiger charge is -2.05. The quantitative estimate of drug-likeness (QED) is 0.864. The molecule has 0 aliphatic carbocycles. The molecular weight excluding hydrogens is 367 g/mol. The van der Waals surface area contributed by atoms with Gasteiger partial charge in [0.2, 0.25) is 0 Å². The minimum Gasteiger partial charge on any atom is -0.306 e. The number of halogens is 3. The molecule has 0 saturated carbocycles. The summed E-state index contributed by atoms with van der Waals surface area (Å²) in [6.07, 6.45) is 1.54. The maximum absolute atomic E-state index is 13.6. The molecule has 1 amide bonds. The Morgan fingerprint density at radius 3 is 2.56 bits per heavy atom. The van der Waals surface area contributed by atoms with Crippen LogP contribution in [0.15, 0.2) is 45.5 Å². The van der Waals surface area contributed by atoms with Crippen molar-refractivity contribution in [1.29, 1.82) is 0 Å². The molecule has 1 aromatic heterocycles. The van der Waals surface area contributed by atoms with Crippen LogP contribution in [-0.2, 0) is 0 Å². The minimum absolute atomic E-state index is 0.0278. The Bertz CT molecular complexity index is 604. The summed E-state index contributed by atoms with van der Waals surface area (Å²) in [6.45, 7) is 0. The molecule has 1 N–H and O–H groups in total. The Morgan fingerprint density at radius 2 is 1.89 bits per heavy atom. The van der Waals surface area contributed by atoms with Crippen molar-refractivity contribution in [3.05, 3.63) is 56.9 Å². The fourth-order valence-electron chi connectivity index (χ4n) is 1.33. The third-order valence-corrected chi connectivity index (χ3v) is 3.13. The van der Waals surface area contributed by atoms with Crippen molar-refractivity contribution < 1.29 is 9.18 Å². The van der Waals surface area contributed by atoms with Crippen LogP contribution >= 0.6 is 31.9 Å². The molecule has 3 nitrogen and oxygen atoms in total. The molecule has 2 rings (SSSR count). The molecule has 2 aromatic rings. The highest BCUT2D eigenvalue weighted by molar-refractivity contribution is 9.10. The first kappa shape index (κ1) is 13.2. The van der Waals surface area contributed by atoms with Crippen molar-refractivity contribution in [3.63, 3.8) is 0 Å². The minimum atomic E-state index is -0.586. The lowest BCUT2D eigenvalue weighted by Crippen LogP contribution is -2.14. The summed E-state index contributed by atoms with van der Waals surface area (Å²) in [5, 5.41) is 2.52. The Balaban J connectivity index is 2.22. The van der Waals surface area contributed by atoms with Gasteiger partial charge in [-0.05, 0) is 30.3 Å². The lowest BCUT2D eigenvalue weighted by atomic mass is 10.2. The standard InChI is InChI=1S/C12H7Br2FN2O/c13-7-1-2-9(10(15)5-7)12(18)17-11-6-8(14)3-4-16-11/h1-6H,(H,16,17,18). The van der Waals surface area contributed by atoms with E-state index in [1.165, 1.54) is 18.3 Å². The molecule has 0 fully saturated rings. The van der Waals surface area contributed by atoms with Crippen LogP contribution in [0, 0.1) is 5.82 Å². The number of nitrogens with zero attached hydrogens (tertiary/aromatic N) is 1. The number of rotatable bonds is 2. The molecule has 0 aliphatic rings. The number of pyridine rings is 1. The zero-order valence-electron chi connectivity index (χ0n) is 8.95. The van der Waals surface area contributed by atoms with Crippen LogP contribution in [0.3, 0.4) is 0 Å². The van der Waals surface area contributed by atoms with Gasteiger partial charge < -0.3 is 5.32 Å². The molecule has 0 spiro atoms. The molecule has 92 valence electrons. The van der Waals surface area contributed by atoms with Gasteiger partial charge in [-0.3, -0.25) is 4.79 Å². The molecule has 1 aromatic carbocycles. The molecule has 6 heteroatoms. The molecular formula is C12H7Br2FN2O. The van der Waals surface area contributed by atoms with Crippen LogP contribution in [-0.4, -0.2) is 10.9 Å². The highest BCUT2D eigenvalue weighted by Gasteiger charge is 2.12. The first-order valence-corrected chi connectivity index (χ1v) is 6.53. The molecule has 0 aliphatic heterocycles. The number of aromatic nitrogens is 1. The highest BCUT2D eigenvalue weighted by Crippen LogP contribution is 2.17. The first-order valence-electron chi connectivity index (χ1n) is 4.94. The van der Waals surface area contributed by atoms with Crippen molar-refractivity contribution >= 4 is 43.6 Å². The van der Waals surface area contributed by atoms with Crippen LogP contribution in [0.5, 0.6) is 0 Å². The van der Waals surface area contributed by atoms with Crippen LogP contribution in [0.2, 0.25) is 0 Å². The van der Waals surface area contributed by atoms with Crippen LogP contribution in [0.25, 0.3) is 0 Å². The summed E-state index contributed by atoms with van der Waals surface area (Å²) in [4.78, 5) is 15.8. The number of benzene rings is 1. The zero-order valence-corrected chi connectivity index (χ0v) is 12.1. The van der Waals surface area contributed by atoms with E-state index < -0.39 is 11.7 Å². The van der Waals surface area contributed by atoms with Crippen LogP contribution in [0.4, 0.5) is 10.2 Å². The molecule has 0 radical (unpaired) electrons. The van der Waals surface area contributed by atoms with E-state index in [-0.39, 0.29) is 5.56 Å². The van der Waals surface area contributed by atoms with Crippen molar-refractivity contribution in [2.24, 2.45) is 0 Å². The maximum atomic E-state index is 13.6. The first-order chi connectivity index (χ1) is 8.56. The fourth-order valence-corrected chi connectivity index (χ4v) is 2.00. The molecule has 0 bridgehead atoms. The third-order valence-electron chi connectivity index (χ3n) is 2.14. The molecule has 1 heterocycles. The van der Waals surface area contributed by atoms with Gasteiger partial charge in [0.15, 0.2) is 0 Å². The fraction of sp³-hybridized carbons (Fsp3) is 0. The molecule has 18 heavy (non-hydrogen) atoms. The second-order valence-corrected chi connectivity index (χ2v) is 5.27. The molecule has 0 saturated heterocycles.